The zero-order chi connectivity index (χ0) is 17.1. The molecule has 23 heavy (non-hydrogen) atoms. The van der Waals surface area contributed by atoms with Gasteiger partial charge in [0.25, 0.3) is 0 Å². The highest BCUT2D eigenvalue weighted by atomic mass is 79.9. The quantitative estimate of drug-likeness (QED) is 0.723. The summed E-state index contributed by atoms with van der Waals surface area (Å²) in [4.78, 5) is 12.0. The number of alkyl carbamates (subject to hydrolysis) is 1. The Morgan fingerprint density at radius 2 is 2.09 bits per heavy atom. The van der Waals surface area contributed by atoms with Gasteiger partial charge in [0.05, 0.1) is 10.0 Å². The monoisotopic (exact) mass is 384 g/mol. The Morgan fingerprint density at radius 1 is 1.39 bits per heavy atom. The fraction of sp³-hybridized carbons (Fsp3) is 0.588. The molecule has 1 fully saturated rings. The van der Waals surface area contributed by atoms with Crippen molar-refractivity contribution in [3.05, 3.63) is 28.2 Å². The number of ether oxygens (including phenoxy) is 1. The molecule has 6 heteroatoms. The molecule has 0 unspecified atom stereocenters. The van der Waals surface area contributed by atoms with Gasteiger partial charge in [-0.25, -0.2) is 4.79 Å². The number of nitrogens with one attached hydrogen (secondary N) is 2. The van der Waals surface area contributed by atoms with E-state index in [0.29, 0.717) is 17.6 Å². The molecule has 0 spiro atoms. The molecule has 0 bridgehead atoms. The topological polar surface area (TPSA) is 70.6 Å². The highest BCUT2D eigenvalue weighted by Crippen LogP contribution is 2.32. The number of phenols is 1. The molecule has 3 N–H and O–H groups in total. The fourth-order valence-corrected chi connectivity index (χ4v) is 3.02. The van der Waals surface area contributed by atoms with Crippen LogP contribution in [0.3, 0.4) is 0 Å². The second-order valence-electron chi connectivity index (χ2n) is 7.11. The molecule has 1 saturated carbocycles. The second kappa shape index (κ2) is 7.09. The average Bonchev–Trinajstić information content (AvgIpc) is 2.38. The SMILES string of the molecule is CC(C)(C)OC(=O)NC1(CNCc2cccc(Br)c2O)CCC1. The van der Waals surface area contributed by atoms with E-state index in [0.717, 1.165) is 24.8 Å². The summed E-state index contributed by atoms with van der Waals surface area (Å²) in [6, 6.07) is 5.57. The van der Waals surface area contributed by atoms with Gasteiger partial charge < -0.3 is 20.5 Å². The van der Waals surface area contributed by atoms with E-state index in [1.165, 1.54) is 0 Å². The largest absolute Gasteiger partial charge is 0.506 e. The predicted molar refractivity (Wildman–Crippen MR) is 93.5 cm³/mol. The van der Waals surface area contributed by atoms with Crippen molar-refractivity contribution in [2.24, 2.45) is 0 Å². The maximum atomic E-state index is 12.0. The predicted octanol–water partition coefficient (Wildman–Crippen LogP) is 3.69. The van der Waals surface area contributed by atoms with Crippen LogP contribution in [0.15, 0.2) is 22.7 Å². The van der Waals surface area contributed by atoms with Gasteiger partial charge in [-0.2, -0.15) is 0 Å². The standard InChI is InChI=1S/C17H25BrN2O3/c1-16(2,3)23-15(22)20-17(8-5-9-17)11-19-10-12-6-4-7-13(18)14(12)21/h4,6-7,19,21H,5,8-11H2,1-3H3,(H,20,22). The highest BCUT2D eigenvalue weighted by Gasteiger charge is 2.39. The summed E-state index contributed by atoms with van der Waals surface area (Å²) in [6.07, 6.45) is 2.59. The molecule has 5 nitrogen and oxygen atoms in total. The van der Waals surface area contributed by atoms with Crippen LogP contribution in [-0.2, 0) is 11.3 Å². The second-order valence-corrected chi connectivity index (χ2v) is 7.97. The van der Waals surface area contributed by atoms with Crippen LogP contribution in [0.4, 0.5) is 4.79 Å². The summed E-state index contributed by atoms with van der Waals surface area (Å²) >= 11 is 3.31. The van der Waals surface area contributed by atoms with E-state index in [2.05, 4.69) is 26.6 Å². The van der Waals surface area contributed by atoms with Crippen LogP contribution in [0.5, 0.6) is 5.75 Å². The minimum atomic E-state index is -0.495. The number of halogens is 1. The van der Waals surface area contributed by atoms with Crippen LogP contribution >= 0.6 is 15.9 Å². The molecule has 0 saturated heterocycles. The van der Waals surface area contributed by atoms with E-state index in [9.17, 15) is 9.90 Å². The van der Waals surface area contributed by atoms with Gasteiger partial charge in [-0.1, -0.05) is 12.1 Å². The highest BCUT2D eigenvalue weighted by molar-refractivity contribution is 9.10. The number of carbonyl (C=O) groups excluding carboxylic acids is 1. The summed E-state index contributed by atoms with van der Waals surface area (Å²) in [5.41, 5.74) is 0.0836. The van der Waals surface area contributed by atoms with E-state index < -0.39 is 5.60 Å². The van der Waals surface area contributed by atoms with Gasteiger partial charge in [-0.05, 0) is 62.0 Å². The Labute approximate surface area is 145 Å². The first kappa shape index (κ1) is 18.1. The van der Waals surface area contributed by atoms with Crippen molar-refractivity contribution in [2.45, 2.75) is 57.7 Å². The number of hydrogen-bond donors (Lipinski definition) is 3. The summed E-state index contributed by atoms with van der Waals surface area (Å²) in [7, 11) is 0. The van der Waals surface area contributed by atoms with E-state index in [1.807, 2.05) is 32.9 Å². The van der Waals surface area contributed by atoms with Gasteiger partial charge in [0.15, 0.2) is 0 Å². The number of rotatable bonds is 5. The average molecular weight is 385 g/mol. The molecule has 1 aliphatic carbocycles. The molecule has 1 amide bonds. The Hall–Kier alpha value is -1.27. The fourth-order valence-electron chi connectivity index (χ4n) is 2.61. The van der Waals surface area contributed by atoms with Crippen LogP contribution in [0.2, 0.25) is 0 Å². The molecule has 0 atom stereocenters. The molecule has 128 valence electrons. The third-order valence-electron chi connectivity index (χ3n) is 3.93. The third kappa shape index (κ3) is 5.11. The van der Waals surface area contributed by atoms with Gasteiger partial charge in [0, 0.05) is 18.7 Å². The van der Waals surface area contributed by atoms with E-state index in [1.54, 1.807) is 6.07 Å². The summed E-state index contributed by atoms with van der Waals surface area (Å²) < 4.78 is 6.03. The first-order valence-corrected chi connectivity index (χ1v) is 8.68. The first-order chi connectivity index (χ1) is 10.7. The first-order valence-electron chi connectivity index (χ1n) is 7.89. The maximum absolute atomic E-state index is 12.0. The summed E-state index contributed by atoms with van der Waals surface area (Å²) in [6.45, 7) is 6.76. The van der Waals surface area contributed by atoms with E-state index in [4.69, 9.17) is 4.74 Å². The molecular weight excluding hydrogens is 360 g/mol. The molecule has 1 aromatic rings. The van der Waals surface area contributed by atoms with Gasteiger partial charge in [-0.3, -0.25) is 0 Å². The lowest BCUT2D eigenvalue weighted by atomic mass is 9.76. The van der Waals surface area contributed by atoms with Crippen molar-refractivity contribution in [3.8, 4) is 5.75 Å². The van der Waals surface area contributed by atoms with Crippen LogP contribution in [0, 0.1) is 0 Å². The van der Waals surface area contributed by atoms with Crippen molar-refractivity contribution < 1.29 is 14.6 Å². The zero-order valence-electron chi connectivity index (χ0n) is 13.9. The van der Waals surface area contributed by atoms with Crippen molar-refractivity contribution in [3.63, 3.8) is 0 Å². The minimum absolute atomic E-state index is 0.246. The van der Waals surface area contributed by atoms with E-state index >= 15 is 0 Å². The molecule has 0 radical (unpaired) electrons. The molecular formula is C17H25BrN2O3. The number of amides is 1. The van der Waals surface area contributed by atoms with E-state index in [-0.39, 0.29) is 17.4 Å². The lowest BCUT2D eigenvalue weighted by Crippen LogP contribution is -2.59. The van der Waals surface area contributed by atoms with Crippen LogP contribution in [-0.4, -0.2) is 28.9 Å². The van der Waals surface area contributed by atoms with Gasteiger partial charge in [0.2, 0.25) is 0 Å². The lowest BCUT2D eigenvalue weighted by molar-refractivity contribution is 0.0382. The number of benzene rings is 1. The van der Waals surface area contributed by atoms with Crippen molar-refractivity contribution in [1.82, 2.24) is 10.6 Å². The number of carbonyl (C=O) groups is 1. The van der Waals surface area contributed by atoms with Crippen LogP contribution < -0.4 is 10.6 Å². The summed E-state index contributed by atoms with van der Waals surface area (Å²) in [5, 5.41) is 16.3. The Balaban J connectivity index is 1.87. The van der Waals surface area contributed by atoms with Crippen LogP contribution in [0.25, 0.3) is 0 Å². The molecule has 2 rings (SSSR count). The molecule has 1 aliphatic rings. The number of aromatic hydroxyl groups is 1. The Kier molecular flexibility index (Phi) is 5.57. The molecule has 0 aromatic heterocycles. The van der Waals surface area contributed by atoms with Gasteiger partial charge in [0.1, 0.15) is 11.4 Å². The summed E-state index contributed by atoms with van der Waals surface area (Å²) in [5.74, 6) is 0.253. The Morgan fingerprint density at radius 3 is 2.65 bits per heavy atom. The normalized spacial score (nSPS) is 16.5. The van der Waals surface area contributed by atoms with Gasteiger partial charge in [-0.15, -0.1) is 0 Å². The smallest absolute Gasteiger partial charge is 0.408 e. The lowest BCUT2D eigenvalue weighted by Gasteiger charge is -2.42. The molecule has 0 heterocycles. The molecule has 0 aliphatic heterocycles. The maximum Gasteiger partial charge on any atom is 0.408 e. The molecule has 1 aromatic carbocycles. The Bertz CT molecular complexity index is 565. The van der Waals surface area contributed by atoms with Crippen molar-refractivity contribution in [2.75, 3.05) is 6.54 Å². The zero-order valence-corrected chi connectivity index (χ0v) is 15.5. The van der Waals surface area contributed by atoms with Crippen molar-refractivity contribution in [1.29, 1.82) is 0 Å². The number of para-hydroxylation sites is 1. The number of hydrogen-bond acceptors (Lipinski definition) is 4. The number of phenolic OH excluding ortho intramolecular Hbond substituents is 1. The van der Waals surface area contributed by atoms with Crippen molar-refractivity contribution >= 4 is 22.0 Å². The minimum Gasteiger partial charge on any atom is -0.506 e. The third-order valence-corrected chi connectivity index (χ3v) is 4.57. The van der Waals surface area contributed by atoms with Gasteiger partial charge >= 0.3 is 6.09 Å². The van der Waals surface area contributed by atoms with Crippen LogP contribution in [0.1, 0.15) is 45.6 Å².